The van der Waals surface area contributed by atoms with Gasteiger partial charge in [-0.15, -0.1) is 0 Å². The number of hydrogen-bond acceptors (Lipinski definition) is 7. The molecule has 0 fully saturated rings. The minimum Gasteiger partial charge on any atom is -0.356 e. The summed E-state index contributed by atoms with van der Waals surface area (Å²) in [5, 5.41) is 13.9. The van der Waals surface area contributed by atoms with E-state index in [9.17, 15) is 10.1 Å². The van der Waals surface area contributed by atoms with Gasteiger partial charge >= 0.3 is 5.00 Å². The highest BCUT2D eigenvalue weighted by Crippen LogP contribution is 2.24. The van der Waals surface area contributed by atoms with E-state index in [1.807, 2.05) is 0 Å². The van der Waals surface area contributed by atoms with Gasteiger partial charge in [0.15, 0.2) is 5.13 Å². The highest BCUT2D eigenvalue weighted by molar-refractivity contribution is 7.18. The minimum absolute atomic E-state index is 0.0187. The van der Waals surface area contributed by atoms with Crippen molar-refractivity contribution in [1.29, 1.82) is 0 Å². The summed E-state index contributed by atoms with van der Waals surface area (Å²) in [6.07, 6.45) is 4.31. The van der Waals surface area contributed by atoms with Gasteiger partial charge in [-0.1, -0.05) is 0 Å². The number of nitro groups is 1. The summed E-state index contributed by atoms with van der Waals surface area (Å²) >= 11 is 0.996. The van der Waals surface area contributed by atoms with Crippen LogP contribution in [0.1, 0.15) is 5.69 Å². The maximum absolute atomic E-state index is 10.4. The molecule has 0 atom stereocenters. The Labute approximate surface area is 94.4 Å². The third-order valence-corrected chi connectivity index (χ3v) is 2.64. The Hall–Kier alpha value is -2.09. The Morgan fingerprint density at radius 3 is 3.00 bits per heavy atom. The Morgan fingerprint density at radius 1 is 1.50 bits per heavy atom. The van der Waals surface area contributed by atoms with E-state index < -0.39 is 4.92 Å². The number of aromatic nitrogens is 3. The normalized spacial score (nSPS) is 10.0. The van der Waals surface area contributed by atoms with Crippen molar-refractivity contribution < 1.29 is 4.92 Å². The Bertz CT molecular complexity index is 486. The lowest BCUT2D eigenvalue weighted by atomic mass is 10.4. The van der Waals surface area contributed by atoms with Crippen molar-refractivity contribution in [2.24, 2.45) is 0 Å². The van der Waals surface area contributed by atoms with Gasteiger partial charge in [-0.3, -0.25) is 10.1 Å². The van der Waals surface area contributed by atoms with Crippen molar-refractivity contribution in [3.05, 3.63) is 40.6 Å². The molecule has 16 heavy (non-hydrogen) atoms. The summed E-state index contributed by atoms with van der Waals surface area (Å²) < 4.78 is 0. The van der Waals surface area contributed by atoms with Crippen LogP contribution in [0.5, 0.6) is 0 Å². The van der Waals surface area contributed by atoms with Crippen molar-refractivity contribution in [3.8, 4) is 0 Å². The molecule has 0 saturated heterocycles. The van der Waals surface area contributed by atoms with E-state index in [0.29, 0.717) is 11.7 Å². The zero-order valence-corrected chi connectivity index (χ0v) is 8.85. The van der Waals surface area contributed by atoms with E-state index in [1.54, 1.807) is 12.3 Å². The average Bonchev–Trinajstić information content (AvgIpc) is 2.76. The van der Waals surface area contributed by atoms with Crippen LogP contribution in [0.3, 0.4) is 0 Å². The highest BCUT2D eigenvalue weighted by atomic mass is 32.1. The molecule has 2 heterocycles. The Balaban J connectivity index is 1.97. The Kier molecular flexibility index (Phi) is 3.01. The first kappa shape index (κ1) is 10.4. The van der Waals surface area contributed by atoms with Crippen LogP contribution in [0, 0.1) is 10.1 Å². The largest absolute Gasteiger partial charge is 0.356 e. The van der Waals surface area contributed by atoms with Crippen LogP contribution in [0.15, 0.2) is 24.8 Å². The monoisotopic (exact) mass is 237 g/mol. The molecule has 8 heteroatoms. The van der Waals surface area contributed by atoms with Crippen molar-refractivity contribution in [2.75, 3.05) is 5.32 Å². The molecule has 1 N–H and O–H groups in total. The third kappa shape index (κ3) is 2.48. The predicted octanol–water partition coefficient (Wildman–Crippen LogP) is 1.45. The summed E-state index contributed by atoms with van der Waals surface area (Å²) in [6.45, 7) is 0.465. The SMILES string of the molecule is O=[N+]([O-])c1cnc(NCc2ccncn2)s1. The van der Waals surface area contributed by atoms with Gasteiger partial charge in [-0.25, -0.2) is 15.0 Å². The molecule has 2 rings (SSSR count). The number of nitrogens with zero attached hydrogens (tertiary/aromatic N) is 4. The highest BCUT2D eigenvalue weighted by Gasteiger charge is 2.10. The predicted molar refractivity (Wildman–Crippen MR) is 58.1 cm³/mol. The standard InChI is InChI=1S/C8H7N5O2S/c14-13(15)7-4-11-8(16-7)10-3-6-1-2-9-5-12-6/h1-2,4-5H,3H2,(H,10,11). The van der Waals surface area contributed by atoms with Gasteiger partial charge in [0.2, 0.25) is 0 Å². The first-order chi connectivity index (χ1) is 7.75. The van der Waals surface area contributed by atoms with Gasteiger partial charge in [-0.05, 0) is 17.4 Å². The number of rotatable bonds is 4. The molecule has 7 nitrogen and oxygen atoms in total. The second-order valence-corrected chi connectivity index (χ2v) is 3.82. The van der Waals surface area contributed by atoms with Gasteiger partial charge in [0.25, 0.3) is 0 Å². The fraction of sp³-hybridized carbons (Fsp3) is 0.125. The molecule has 0 aliphatic carbocycles. The summed E-state index contributed by atoms with van der Waals surface area (Å²) in [5.41, 5.74) is 0.799. The quantitative estimate of drug-likeness (QED) is 0.639. The molecular weight excluding hydrogens is 230 g/mol. The lowest BCUT2D eigenvalue weighted by Crippen LogP contribution is -2.00. The van der Waals surface area contributed by atoms with Crippen LogP contribution < -0.4 is 5.32 Å². The molecule has 0 bridgehead atoms. The molecule has 0 aliphatic heterocycles. The molecule has 0 saturated carbocycles. The van der Waals surface area contributed by atoms with E-state index in [2.05, 4.69) is 20.3 Å². The van der Waals surface area contributed by atoms with E-state index in [4.69, 9.17) is 0 Å². The molecule has 0 amide bonds. The van der Waals surface area contributed by atoms with Gasteiger partial charge < -0.3 is 5.32 Å². The van der Waals surface area contributed by atoms with Crippen molar-refractivity contribution in [3.63, 3.8) is 0 Å². The molecule has 0 unspecified atom stereocenters. The molecule has 0 aliphatic rings. The molecular formula is C8H7N5O2S. The van der Waals surface area contributed by atoms with Crippen LogP contribution in [-0.4, -0.2) is 19.9 Å². The van der Waals surface area contributed by atoms with Gasteiger partial charge in [-0.2, -0.15) is 0 Å². The molecule has 0 spiro atoms. The fourth-order valence-corrected chi connectivity index (χ4v) is 1.65. The van der Waals surface area contributed by atoms with E-state index >= 15 is 0 Å². The first-order valence-corrected chi connectivity index (χ1v) is 5.16. The Morgan fingerprint density at radius 2 is 2.38 bits per heavy atom. The number of anilines is 1. The lowest BCUT2D eigenvalue weighted by molar-refractivity contribution is -0.380. The van der Waals surface area contributed by atoms with E-state index in [-0.39, 0.29) is 5.00 Å². The van der Waals surface area contributed by atoms with Crippen molar-refractivity contribution in [1.82, 2.24) is 15.0 Å². The van der Waals surface area contributed by atoms with Crippen LogP contribution in [0.25, 0.3) is 0 Å². The average molecular weight is 237 g/mol. The van der Waals surface area contributed by atoms with Gasteiger partial charge in [0, 0.05) is 6.20 Å². The smallest absolute Gasteiger partial charge is 0.345 e. The summed E-state index contributed by atoms with van der Waals surface area (Å²) in [4.78, 5) is 21.6. The van der Waals surface area contributed by atoms with Crippen LogP contribution >= 0.6 is 11.3 Å². The van der Waals surface area contributed by atoms with Crippen LogP contribution in [-0.2, 0) is 6.54 Å². The van der Waals surface area contributed by atoms with Crippen molar-refractivity contribution in [2.45, 2.75) is 6.54 Å². The number of nitrogens with one attached hydrogen (secondary N) is 1. The fourth-order valence-electron chi connectivity index (χ4n) is 1.02. The van der Waals surface area contributed by atoms with Crippen molar-refractivity contribution >= 4 is 21.5 Å². The molecule has 2 aromatic heterocycles. The van der Waals surface area contributed by atoms with Gasteiger partial charge in [0.1, 0.15) is 12.5 Å². The zero-order valence-electron chi connectivity index (χ0n) is 8.03. The van der Waals surface area contributed by atoms with Crippen LogP contribution in [0.2, 0.25) is 0 Å². The first-order valence-electron chi connectivity index (χ1n) is 4.34. The second-order valence-electron chi connectivity index (χ2n) is 2.82. The topological polar surface area (TPSA) is 93.8 Å². The summed E-state index contributed by atoms with van der Waals surface area (Å²) in [7, 11) is 0. The molecule has 0 aromatic carbocycles. The van der Waals surface area contributed by atoms with E-state index in [0.717, 1.165) is 17.0 Å². The maximum Gasteiger partial charge on any atom is 0.345 e. The molecule has 82 valence electrons. The summed E-state index contributed by atoms with van der Waals surface area (Å²) in [5.74, 6) is 0. The lowest BCUT2D eigenvalue weighted by Gasteiger charge is -1.99. The number of thiazole rings is 1. The second kappa shape index (κ2) is 4.62. The van der Waals surface area contributed by atoms with Crippen LogP contribution in [0.4, 0.5) is 10.1 Å². The third-order valence-electron chi connectivity index (χ3n) is 1.74. The minimum atomic E-state index is -0.465. The van der Waals surface area contributed by atoms with Gasteiger partial charge in [0.05, 0.1) is 17.2 Å². The van der Waals surface area contributed by atoms with E-state index in [1.165, 1.54) is 12.5 Å². The summed E-state index contributed by atoms with van der Waals surface area (Å²) in [6, 6.07) is 1.76. The molecule has 0 radical (unpaired) electrons. The zero-order chi connectivity index (χ0) is 11.4. The maximum atomic E-state index is 10.4. The number of hydrogen-bond donors (Lipinski definition) is 1. The molecule has 2 aromatic rings.